The standard InChI is InChI=1S/C13H12Cl2O3/c1-7(2)13(17)18-8(3)12(16)10-5-4-9(14)6-11(10)15/h4-6,8H,1H2,2-3H3. The van der Waals surface area contributed by atoms with Gasteiger partial charge in [-0.3, -0.25) is 4.79 Å². The molecule has 0 aliphatic heterocycles. The van der Waals surface area contributed by atoms with Crippen LogP contribution >= 0.6 is 23.2 Å². The van der Waals surface area contributed by atoms with Crippen LogP contribution in [0, 0.1) is 0 Å². The molecule has 1 atom stereocenters. The van der Waals surface area contributed by atoms with Gasteiger partial charge in [-0.2, -0.15) is 0 Å². The van der Waals surface area contributed by atoms with E-state index in [0.29, 0.717) is 5.02 Å². The van der Waals surface area contributed by atoms with Gasteiger partial charge in [0.2, 0.25) is 5.78 Å². The molecular weight excluding hydrogens is 275 g/mol. The third kappa shape index (κ3) is 3.59. The molecule has 5 heteroatoms. The molecule has 3 nitrogen and oxygen atoms in total. The fourth-order valence-electron chi connectivity index (χ4n) is 1.22. The third-order valence-corrected chi connectivity index (χ3v) is 2.75. The van der Waals surface area contributed by atoms with Crippen molar-refractivity contribution in [2.75, 3.05) is 0 Å². The van der Waals surface area contributed by atoms with Gasteiger partial charge < -0.3 is 4.74 Å². The number of carbonyl (C=O) groups excluding carboxylic acids is 2. The van der Waals surface area contributed by atoms with Gasteiger partial charge >= 0.3 is 5.97 Å². The van der Waals surface area contributed by atoms with Gasteiger partial charge in [-0.05, 0) is 32.0 Å². The van der Waals surface area contributed by atoms with Crippen LogP contribution in [-0.2, 0) is 9.53 Å². The Labute approximate surface area is 115 Å². The van der Waals surface area contributed by atoms with Crippen molar-refractivity contribution < 1.29 is 14.3 Å². The zero-order valence-corrected chi connectivity index (χ0v) is 11.5. The molecule has 0 radical (unpaired) electrons. The molecule has 0 aliphatic rings. The molecule has 0 saturated carbocycles. The topological polar surface area (TPSA) is 43.4 Å². The average Bonchev–Trinajstić information content (AvgIpc) is 2.27. The van der Waals surface area contributed by atoms with E-state index in [0.717, 1.165) is 0 Å². The molecule has 1 unspecified atom stereocenters. The zero-order chi connectivity index (χ0) is 13.9. The van der Waals surface area contributed by atoms with Crippen molar-refractivity contribution in [3.8, 4) is 0 Å². The number of ether oxygens (including phenoxy) is 1. The second-order valence-electron chi connectivity index (χ2n) is 3.82. The largest absolute Gasteiger partial charge is 0.451 e. The van der Waals surface area contributed by atoms with E-state index in [9.17, 15) is 9.59 Å². The van der Waals surface area contributed by atoms with Gasteiger partial charge in [-0.1, -0.05) is 29.8 Å². The summed E-state index contributed by atoms with van der Waals surface area (Å²) >= 11 is 11.6. The summed E-state index contributed by atoms with van der Waals surface area (Å²) in [5.41, 5.74) is 0.500. The summed E-state index contributed by atoms with van der Waals surface area (Å²) in [4.78, 5) is 23.3. The molecule has 0 saturated heterocycles. The minimum absolute atomic E-state index is 0.228. The maximum absolute atomic E-state index is 12.0. The van der Waals surface area contributed by atoms with E-state index in [1.165, 1.54) is 26.0 Å². The van der Waals surface area contributed by atoms with E-state index in [1.54, 1.807) is 6.07 Å². The van der Waals surface area contributed by atoms with Crippen LogP contribution in [0.4, 0.5) is 0 Å². The first-order chi connectivity index (χ1) is 8.32. The molecule has 18 heavy (non-hydrogen) atoms. The minimum atomic E-state index is -0.923. The highest BCUT2D eigenvalue weighted by atomic mass is 35.5. The maximum Gasteiger partial charge on any atom is 0.333 e. The maximum atomic E-state index is 12.0. The van der Waals surface area contributed by atoms with Crippen LogP contribution in [0.5, 0.6) is 0 Å². The van der Waals surface area contributed by atoms with Crippen molar-refractivity contribution in [3.63, 3.8) is 0 Å². The number of ketones is 1. The highest BCUT2D eigenvalue weighted by molar-refractivity contribution is 6.37. The highest BCUT2D eigenvalue weighted by Gasteiger charge is 2.21. The lowest BCUT2D eigenvalue weighted by Gasteiger charge is -2.13. The van der Waals surface area contributed by atoms with Crippen molar-refractivity contribution in [3.05, 3.63) is 46.0 Å². The van der Waals surface area contributed by atoms with Crippen LogP contribution in [0.15, 0.2) is 30.4 Å². The first-order valence-electron chi connectivity index (χ1n) is 5.18. The van der Waals surface area contributed by atoms with Crippen molar-refractivity contribution in [1.29, 1.82) is 0 Å². The molecule has 0 bridgehead atoms. The van der Waals surface area contributed by atoms with Gasteiger partial charge in [0, 0.05) is 16.2 Å². The van der Waals surface area contributed by atoms with Crippen LogP contribution in [0.1, 0.15) is 24.2 Å². The number of hydrogen-bond donors (Lipinski definition) is 0. The van der Waals surface area contributed by atoms with Crippen molar-refractivity contribution in [1.82, 2.24) is 0 Å². The van der Waals surface area contributed by atoms with Gasteiger partial charge in [0.25, 0.3) is 0 Å². The Balaban J connectivity index is 2.87. The molecular formula is C13H12Cl2O3. The van der Waals surface area contributed by atoms with Crippen LogP contribution in [-0.4, -0.2) is 17.9 Å². The van der Waals surface area contributed by atoms with E-state index in [4.69, 9.17) is 27.9 Å². The summed E-state index contributed by atoms with van der Waals surface area (Å²) in [6.45, 7) is 6.43. The van der Waals surface area contributed by atoms with E-state index >= 15 is 0 Å². The van der Waals surface area contributed by atoms with Crippen LogP contribution in [0.3, 0.4) is 0 Å². The van der Waals surface area contributed by atoms with Crippen LogP contribution in [0.25, 0.3) is 0 Å². The van der Waals surface area contributed by atoms with E-state index in [1.807, 2.05) is 0 Å². The monoisotopic (exact) mass is 286 g/mol. The molecule has 0 aromatic heterocycles. The number of Topliss-reactive ketones (excluding diaryl/α,β-unsaturated/α-hetero) is 1. The number of rotatable bonds is 4. The van der Waals surface area contributed by atoms with Gasteiger partial charge in [0.15, 0.2) is 6.10 Å². The minimum Gasteiger partial charge on any atom is -0.451 e. The Morgan fingerprint density at radius 2 is 1.94 bits per heavy atom. The number of benzene rings is 1. The summed E-state index contributed by atoms with van der Waals surface area (Å²) in [6, 6.07) is 4.51. The van der Waals surface area contributed by atoms with Gasteiger partial charge in [0.1, 0.15) is 0 Å². The number of esters is 1. The smallest absolute Gasteiger partial charge is 0.333 e. The van der Waals surface area contributed by atoms with Crippen molar-refractivity contribution in [2.24, 2.45) is 0 Å². The van der Waals surface area contributed by atoms with Crippen LogP contribution in [0.2, 0.25) is 10.0 Å². The van der Waals surface area contributed by atoms with Gasteiger partial charge in [0.05, 0.1) is 5.02 Å². The quantitative estimate of drug-likeness (QED) is 0.482. The fraction of sp³-hybridized carbons (Fsp3) is 0.231. The molecule has 0 N–H and O–H groups in total. The van der Waals surface area contributed by atoms with Crippen LogP contribution < -0.4 is 0 Å². The number of hydrogen-bond acceptors (Lipinski definition) is 3. The molecule has 0 fully saturated rings. The second-order valence-corrected chi connectivity index (χ2v) is 4.66. The Morgan fingerprint density at radius 1 is 1.33 bits per heavy atom. The molecule has 1 aromatic carbocycles. The predicted molar refractivity (Wildman–Crippen MR) is 71.2 cm³/mol. The summed E-state index contributed by atoms with van der Waals surface area (Å²) in [5, 5.41) is 0.661. The summed E-state index contributed by atoms with van der Waals surface area (Å²) in [6.07, 6.45) is -0.923. The molecule has 96 valence electrons. The Hall–Kier alpha value is -1.32. The lowest BCUT2D eigenvalue weighted by atomic mass is 10.1. The van der Waals surface area contributed by atoms with E-state index < -0.39 is 12.1 Å². The molecule has 0 aliphatic carbocycles. The first-order valence-corrected chi connectivity index (χ1v) is 5.94. The summed E-state index contributed by atoms with van der Waals surface area (Å²) < 4.78 is 4.93. The predicted octanol–water partition coefficient (Wildman–Crippen LogP) is 3.68. The Morgan fingerprint density at radius 3 is 2.44 bits per heavy atom. The number of halogens is 2. The summed E-state index contributed by atoms with van der Waals surface area (Å²) in [5.74, 6) is -0.993. The lowest BCUT2D eigenvalue weighted by Crippen LogP contribution is -2.24. The highest BCUT2D eigenvalue weighted by Crippen LogP contribution is 2.22. The van der Waals surface area contributed by atoms with E-state index in [-0.39, 0.29) is 21.9 Å². The molecule has 0 amide bonds. The average molecular weight is 287 g/mol. The third-order valence-electron chi connectivity index (χ3n) is 2.20. The molecule has 1 aromatic rings. The molecule has 1 rings (SSSR count). The fourth-order valence-corrected chi connectivity index (χ4v) is 1.72. The zero-order valence-electron chi connectivity index (χ0n) is 10.00. The number of carbonyl (C=O) groups is 2. The summed E-state index contributed by atoms with van der Waals surface area (Å²) in [7, 11) is 0. The molecule has 0 spiro atoms. The lowest BCUT2D eigenvalue weighted by molar-refractivity contribution is -0.141. The van der Waals surface area contributed by atoms with Crippen molar-refractivity contribution in [2.45, 2.75) is 20.0 Å². The molecule has 0 heterocycles. The second kappa shape index (κ2) is 6.03. The van der Waals surface area contributed by atoms with E-state index in [2.05, 4.69) is 6.58 Å². The Bertz CT molecular complexity index is 509. The first kappa shape index (κ1) is 14.7. The Kier molecular flexibility index (Phi) is 4.93. The normalized spacial score (nSPS) is 11.8. The SMILES string of the molecule is C=C(C)C(=O)OC(C)C(=O)c1ccc(Cl)cc1Cl. The van der Waals surface area contributed by atoms with Gasteiger partial charge in [-0.15, -0.1) is 0 Å². The van der Waals surface area contributed by atoms with Crippen molar-refractivity contribution >= 4 is 35.0 Å². The van der Waals surface area contributed by atoms with Gasteiger partial charge in [-0.25, -0.2) is 4.79 Å².